The predicted molar refractivity (Wildman–Crippen MR) is 138 cm³/mol. The molecule has 37 heavy (non-hydrogen) atoms. The van der Waals surface area contributed by atoms with E-state index in [1.807, 2.05) is 0 Å². The fourth-order valence-electron chi connectivity index (χ4n) is 3.94. The Labute approximate surface area is 218 Å². The summed E-state index contributed by atoms with van der Waals surface area (Å²) in [5.41, 5.74) is 1.10. The summed E-state index contributed by atoms with van der Waals surface area (Å²) in [6.07, 6.45) is -0.0970. The van der Waals surface area contributed by atoms with Crippen molar-refractivity contribution in [2.75, 3.05) is 30.3 Å². The summed E-state index contributed by atoms with van der Waals surface area (Å²) in [4.78, 5) is 40.5. The Kier molecular flexibility index (Phi) is 7.79. The lowest BCUT2D eigenvalue weighted by Gasteiger charge is -2.25. The number of nitrogens with one attached hydrogen (secondary N) is 2. The molecule has 2 heterocycles. The Bertz CT molecular complexity index is 1440. The van der Waals surface area contributed by atoms with Crippen LogP contribution in [-0.2, 0) is 32.5 Å². The Hall–Kier alpha value is -3.90. The fourth-order valence-corrected chi connectivity index (χ4v) is 6.29. The molecule has 0 bridgehead atoms. The van der Waals surface area contributed by atoms with E-state index in [0.717, 1.165) is 4.88 Å². The third-order valence-corrected chi connectivity index (χ3v) is 8.18. The zero-order valence-corrected chi connectivity index (χ0v) is 21.8. The van der Waals surface area contributed by atoms with Gasteiger partial charge in [-0.05, 0) is 43.2 Å². The largest absolute Gasteiger partial charge is 0.462 e. The highest BCUT2D eigenvalue weighted by Gasteiger charge is 2.32. The first-order chi connectivity index (χ1) is 17.7. The zero-order chi connectivity index (χ0) is 26.6. The van der Waals surface area contributed by atoms with Crippen LogP contribution in [0.1, 0.15) is 38.1 Å². The maximum absolute atomic E-state index is 13.3. The van der Waals surface area contributed by atoms with Gasteiger partial charge in [0.25, 0.3) is 15.9 Å². The molecule has 0 aliphatic carbocycles. The van der Waals surface area contributed by atoms with Crippen molar-refractivity contribution in [2.24, 2.45) is 0 Å². The second-order valence-electron chi connectivity index (χ2n) is 7.99. The summed E-state index contributed by atoms with van der Waals surface area (Å²) in [6, 6.07) is 14.0. The summed E-state index contributed by atoms with van der Waals surface area (Å²) in [7, 11) is -2.64. The van der Waals surface area contributed by atoms with E-state index in [2.05, 4.69) is 10.0 Å². The highest BCUT2D eigenvalue weighted by Crippen LogP contribution is 2.38. The van der Waals surface area contributed by atoms with E-state index in [1.54, 1.807) is 37.3 Å². The first-order valence-electron chi connectivity index (χ1n) is 11.4. The van der Waals surface area contributed by atoms with Crippen LogP contribution in [0.3, 0.4) is 0 Å². The van der Waals surface area contributed by atoms with E-state index < -0.39 is 28.0 Å². The van der Waals surface area contributed by atoms with Crippen LogP contribution in [0, 0.1) is 0 Å². The molecular formula is C25H25N3O7S2. The highest BCUT2D eigenvalue weighted by molar-refractivity contribution is 7.92. The number of ether oxygens (including phenoxy) is 2. The predicted octanol–water partition coefficient (Wildman–Crippen LogP) is 4.10. The minimum atomic E-state index is -3.94. The van der Waals surface area contributed by atoms with Gasteiger partial charge in [-0.1, -0.05) is 30.3 Å². The Balaban J connectivity index is 1.65. The third-order valence-electron chi connectivity index (χ3n) is 5.67. The van der Waals surface area contributed by atoms with Gasteiger partial charge in [-0.15, -0.1) is 11.3 Å². The average Bonchev–Trinajstić information content (AvgIpc) is 3.25. The van der Waals surface area contributed by atoms with Crippen molar-refractivity contribution in [2.45, 2.75) is 24.8 Å². The van der Waals surface area contributed by atoms with Crippen LogP contribution in [0.4, 0.5) is 15.5 Å². The number of sulfonamides is 1. The van der Waals surface area contributed by atoms with Crippen LogP contribution in [-0.4, -0.2) is 51.5 Å². The van der Waals surface area contributed by atoms with E-state index in [0.29, 0.717) is 18.5 Å². The van der Waals surface area contributed by atoms with Gasteiger partial charge in [0, 0.05) is 11.4 Å². The number of anilines is 2. The van der Waals surface area contributed by atoms with Gasteiger partial charge < -0.3 is 19.7 Å². The summed E-state index contributed by atoms with van der Waals surface area (Å²) < 4.78 is 38.2. The van der Waals surface area contributed by atoms with Crippen molar-refractivity contribution >= 4 is 50.0 Å². The number of methoxy groups -OCH3 is 1. The van der Waals surface area contributed by atoms with Crippen LogP contribution in [0.25, 0.3) is 0 Å². The van der Waals surface area contributed by atoms with Crippen molar-refractivity contribution in [1.82, 2.24) is 4.90 Å². The van der Waals surface area contributed by atoms with E-state index in [-0.39, 0.29) is 39.9 Å². The molecule has 1 aliphatic heterocycles. The molecule has 3 aromatic rings. The van der Waals surface area contributed by atoms with Crippen LogP contribution in [0.15, 0.2) is 59.5 Å². The van der Waals surface area contributed by atoms with Gasteiger partial charge in [-0.25, -0.2) is 18.0 Å². The van der Waals surface area contributed by atoms with Crippen LogP contribution in [0.5, 0.6) is 0 Å². The van der Waals surface area contributed by atoms with Gasteiger partial charge in [0.05, 0.1) is 42.0 Å². The summed E-state index contributed by atoms with van der Waals surface area (Å²) in [5.74, 6) is -1.19. The lowest BCUT2D eigenvalue weighted by atomic mass is 10.0. The molecule has 10 nitrogen and oxygen atoms in total. The Morgan fingerprint density at radius 2 is 1.76 bits per heavy atom. The number of hydrogen-bond donors (Lipinski definition) is 2. The van der Waals surface area contributed by atoms with Crippen molar-refractivity contribution in [3.8, 4) is 0 Å². The zero-order valence-electron chi connectivity index (χ0n) is 20.1. The van der Waals surface area contributed by atoms with Crippen LogP contribution < -0.4 is 10.0 Å². The number of hydrogen-bond acceptors (Lipinski definition) is 8. The molecule has 0 fully saturated rings. The van der Waals surface area contributed by atoms with Crippen molar-refractivity contribution in [3.05, 3.63) is 76.2 Å². The molecule has 0 saturated carbocycles. The number of thiophene rings is 1. The second-order valence-corrected chi connectivity index (χ2v) is 10.8. The monoisotopic (exact) mass is 543 g/mol. The number of carbonyl (C=O) groups is 3. The second kappa shape index (κ2) is 11.0. The summed E-state index contributed by atoms with van der Waals surface area (Å²) in [6.45, 7) is 2.40. The molecule has 4 rings (SSSR count). The number of carbonyl (C=O) groups excluding carboxylic acids is 3. The molecule has 0 radical (unpaired) electrons. The smallest absolute Gasteiger partial charge is 0.409 e. The minimum Gasteiger partial charge on any atom is -0.462 e. The molecule has 0 spiro atoms. The number of benzene rings is 2. The highest BCUT2D eigenvalue weighted by atomic mass is 32.2. The molecule has 0 unspecified atom stereocenters. The molecule has 2 amide bonds. The quantitative estimate of drug-likeness (QED) is 0.429. The molecule has 2 aromatic carbocycles. The normalized spacial score (nSPS) is 12.9. The molecular weight excluding hydrogens is 518 g/mol. The number of fused-ring (bicyclic) bond motifs is 1. The fraction of sp³-hybridized carbons (Fsp3) is 0.240. The van der Waals surface area contributed by atoms with Crippen molar-refractivity contribution in [3.63, 3.8) is 0 Å². The van der Waals surface area contributed by atoms with Gasteiger partial charge in [-0.2, -0.15) is 0 Å². The third kappa shape index (κ3) is 5.59. The molecule has 1 aliphatic rings. The standard InChI is InChI=1S/C25H25N3O7S2/c1-3-35-24(30)21-18-13-14-28(25(31)34-2)15-20(18)36-23(21)26-22(29)17-11-7-8-12-19(17)27-37(32,33)16-9-5-4-6-10-16/h4-12,27H,3,13-15H2,1-2H3,(H,26,29). The van der Waals surface area contributed by atoms with E-state index in [1.165, 1.54) is 47.6 Å². The average molecular weight is 544 g/mol. The van der Waals surface area contributed by atoms with Gasteiger partial charge in [0.15, 0.2) is 0 Å². The summed E-state index contributed by atoms with van der Waals surface area (Å²) in [5, 5.41) is 3.02. The first kappa shape index (κ1) is 26.2. The van der Waals surface area contributed by atoms with Gasteiger partial charge >= 0.3 is 12.1 Å². The number of esters is 1. The lowest BCUT2D eigenvalue weighted by molar-refractivity contribution is 0.0526. The SMILES string of the molecule is CCOC(=O)c1c(NC(=O)c2ccccc2NS(=O)(=O)c2ccccc2)sc2c1CCN(C(=O)OC)C2. The number of rotatable bonds is 7. The number of amides is 2. The molecule has 0 saturated heterocycles. The van der Waals surface area contributed by atoms with Gasteiger partial charge in [0.1, 0.15) is 5.00 Å². The van der Waals surface area contributed by atoms with E-state index >= 15 is 0 Å². The van der Waals surface area contributed by atoms with Gasteiger partial charge in [-0.3, -0.25) is 9.52 Å². The maximum Gasteiger partial charge on any atom is 0.409 e. The summed E-state index contributed by atoms with van der Waals surface area (Å²) >= 11 is 1.17. The molecule has 194 valence electrons. The Morgan fingerprint density at radius 1 is 1.05 bits per heavy atom. The van der Waals surface area contributed by atoms with E-state index in [4.69, 9.17) is 9.47 Å². The van der Waals surface area contributed by atoms with Crippen LogP contribution in [0.2, 0.25) is 0 Å². The molecule has 1 aromatic heterocycles. The number of para-hydroxylation sites is 1. The van der Waals surface area contributed by atoms with Crippen LogP contribution >= 0.6 is 11.3 Å². The maximum atomic E-state index is 13.3. The van der Waals surface area contributed by atoms with Gasteiger partial charge in [0.2, 0.25) is 0 Å². The van der Waals surface area contributed by atoms with Crippen molar-refractivity contribution in [1.29, 1.82) is 0 Å². The van der Waals surface area contributed by atoms with E-state index in [9.17, 15) is 22.8 Å². The minimum absolute atomic E-state index is 0.0518. The Morgan fingerprint density at radius 3 is 2.46 bits per heavy atom. The topological polar surface area (TPSA) is 131 Å². The molecule has 0 atom stereocenters. The molecule has 2 N–H and O–H groups in total. The lowest BCUT2D eigenvalue weighted by Crippen LogP contribution is -2.35. The van der Waals surface area contributed by atoms with Crippen molar-refractivity contribution < 1.29 is 32.3 Å². The number of nitrogens with zero attached hydrogens (tertiary/aromatic N) is 1. The molecule has 12 heteroatoms. The first-order valence-corrected chi connectivity index (χ1v) is 13.7.